The molecule has 0 saturated carbocycles. The zero-order valence-electron chi connectivity index (χ0n) is 9.67. The Morgan fingerprint density at radius 2 is 2.00 bits per heavy atom. The Bertz CT molecular complexity index is 650. The number of hydrogen-bond donors (Lipinski definition) is 2. The molecule has 102 valence electrons. The minimum Gasteiger partial charge on any atom is -0.497 e. The van der Waals surface area contributed by atoms with E-state index in [1.165, 1.54) is 19.2 Å². The molecule has 0 aliphatic rings. The summed E-state index contributed by atoms with van der Waals surface area (Å²) in [5, 5.41) is 9.23. The maximum absolute atomic E-state index is 12.4. The van der Waals surface area contributed by atoms with E-state index in [0.717, 1.165) is 6.07 Å². The number of rotatable bonds is 2. The van der Waals surface area contributed by atoms with Gasteiger partial charge in [0.2, 0.25) is 0 Å². The van der Waals surface area contributed by atoms with E-state index < -0.39 is 17.6 Å². The van der Waals surface area contributed by atoms with Crippen molar-refractivity contribution in [3.8, 4) is 5.75 Å². The van der Waals surface area contributed by atoms with Gasteiger partial charge < -0.3 is 13.8 Å². The van der Waals surface area contributed by atoms with Gasteiger partial charge in [-0.25, -0.2) is 0 Å². The summed E-state index contributed by atoms with van der Waals surface area (Å²) in [5.74, 6) is -0.209. The number of fused-ring (bicyclic) bond motifs is 1. The topological polar surface area (TPSA) is 75.2 Å². The maximum Gasteiger partial charge on any atom is 0.436 e. The Hall–Kier alpha value is -2.38. The molecule has 1 heterocycles. The average molecular weight is 274 g/mol. The van der Waals surface area contributed by atoms with Crippen molar-refractivity contribution in [3.05, 3.63) is 30.0 Å². The fraction of sp³-hybridized carbons (Fsp3) is 0.182. The quantitative estimate of drug-likeness (QED) is 0.824. The van der Waals surface area contributed by atoms with Crippen molar-refractivity contribution >= 4 is 16.7 Å². The summed E-state index contributed by atoms with van der Waals surface area (Å²) in [5.41, 5.74) is -1.38. The number of ether oxygens (including phenoxy) is 1. The van der Waals surface area contributed by atoms with Crippen molar-refractivity contribution in [2.45, 2.75) is 6.18 Å². The van der Waals surface area contributed by atoms with Crippen molar-refractivity contribution in [1.82, 2.24) is 5.33 Å². The molecule has 0 amide bonds. The van der Waals surface area contributed by atoms with Crippen LogP contribution in [0.5, 0.6) is 5.75 Å². The van der Waals surface area contributed by atoms with Gasteiger partial charge in [-0.1, -0.05) is 5.33 Å². The standard InChI is InChI=1S/C11H9F3N2O3/c1-17-7-3-2-6-4-9(10(15)11(12,13)14)19-16-18-8(6)5-7/h2-5,15-16H,1H3. The first kappa shape index (κ1) is 13.1. The lowest BCUT2D eigenvalue weighted by Gasteiger charge is -2.04. The third-order valence-electron chi connectivity index (χ3n) is 2.34. The lowest BCUT2D eigenvalue weighted by molar-refractivity contribution is -0.0601. The molecule has 2 aromatic rings. The summed E-state index contributed by atoms with van der Waals surface area (Å²) in [6.45, 7) is 0. The normalized spacial score (nSPS) is 11.4. The van der Waals surface area contributed by atoms with Crippen molar-refractivity contribution in [2.75, 3.05) is 7.11 Å². The average Bonchev–Trinajstić information content (AvgIpc) is 2.57. The largest absolute Gasteiger partial charge is 0.497 e. The molecule has 19 heavy (non-hydrogen) atoms. The predicted octanol–water partition coefficient (Wildman–Crippen LogP) is 3.42. The van der Waals surface area contributed by atoms with Crippen molar-refractivity contribution < 1.29 is 27.0 Å². The third kappa shape index (κ3) is 2.72. The molecule has 0 radical (unpaired) electrons. The molecule has 0 aliphatic carbocycles. The number of halogens is 3. The molecule has 2 rings (SSSR count). The van der Waals surface area contributed by atoms with Crippen LogP contribution < -0.4 is 4.74 Å². The Kier molecular flexibility index (Phi) is 3.24. The van der Waals surface area contributed by atoms with Crippen LogP contribution in [0.3, 0.4) is 0 Å². The van der Waals surface area contributed by atoms with Crippen molar-refractivity contribution in [2.24, 2.45) is 0 Å². The molecule has 0 atom stereocenters. The fourth-order valence-electron chi connectivity index (χ4n) is 1.39. The number of aromatic amines is 1. The summed E-state index contributed by atoms with van der Waals surface area (Å²) in [7, 11) is 1.45. The minimum atomic E-state index is -4.80. The molecule has 0 spiro atoms. The molecule has 2 N–H and O–H groups in total. The summed E-state index contributed by atoms with van der Waals surface area (Å²) >= 11 is 0. The van der Waals surface area contributed by atoms with E-state index in [1.54, 1.807) is 6.07 Å². The summed E-state index contributed by atoms with van der Waals surface area (Å²) in [6.07, 6.45) is -4.80. The van der Waals surface area contributed by atoms with E-state index in [4.69, 9.17) is 14.7 Å². The van der Waals surface area contributed by atoms with Crippen LogP contribution >= 0.6 is 0 Å². The van der Waals surface area contributed by atoms with E-state index in [0.29, 0.717) is 11.1 Å². The van der Waals surface area contributed by atoms with Gasteiger partial charge in [-0.2, -0.15) is 13.2 Å². The van der Waals surface area contributed by atoms with E-state index in [9.17, 15) is 13.2 Å². The molecule has 1 aromatic heterocycles. The van der Waals surface area contributed by atoms with Gasteiger partial charge >= 0.3 is 6.18 Å². The monoisotopic (exact) mass is 274 g/mol. The van der Waals surface area contributed by atoms with Crippen LogP contribution in [0, 0.1) is 5.41 Å². The highest BCUT2D eigenvalue weighted by molar-refractivity contribution is 6.01. The van der Waals surface area contributed by atoms with Gasteiger partial charge in [0, 0.05) is 11.5 Å². The lowest BCUT2D eigenvalue weighted by atomic mass is 10.2. The van der Waals surface area contributed by atoms with Crippen LogP contribution in [0.25, 0.3) is 11.0 Å². The van der Waals surface area contributed by atoms with Crippen molar-refractivity contribution in [1.29, 1.82) is 5.41 Å². The Morgan fingerprint density at radius 1 is 1.26 bits per heavy atom. The number of hydrogen-bond acceptors (Lipinski definition) is 4. The van der Waals surface area contributed by atoms with Crippen LogP contribution in [0.15, 0.2) is 33.3 Å². The molecule has 1 aromatic carbocycles. The Balaban J connectivity index is 2.59. The van der Waals surface area contributed by atoms with Gasteiger partial charge in [0.1, 0.15) is 5.75 Å². The lowest BCUT2D eigenvalue weighted by Crippen LogP contribution is -2.22. The molecule has 5 nitrogen and oxygen atoms in total. The fourth-order valence-corrected chi connectivity index (χ4v) is 1.39. The van der Waals surface area contributed by atoms with E-state index in [2.05, 4.69) is 4.52 Å². The number of nitrogens with one attached hydrogen (secondary N) is 2. The SMILES string of the molecule is COc1ccc2cc(C(=N)C(F)(F)F)o[nH]oc2c1. The second-order valence-corrected chi connectivity index (χ2v) is 3.57. The van der Waals surface area contributed by atoms with Gasteiger partial charge in [0.15, 0.2) is 17.1 Å². The first-order chi connectivity index (χ1) is 8.91. The van der Waals surface area contributed by atoms with Gasteiger partial charge in [-0.05, 0) is 18.2 Å². The molecule has 0 saturated heterocycles. The highest BCUT2D eigenvalue weighted by Gasteiger charge is 2.37. The van der Waals surface area contributed by atoms with Crippen molar-refractivity contribution in [3.63, 3.8) is 0 Å². The molecule has 0 aliphatic heterocycles. The zero-order chi connectivity index (χ0) is 14.0. The number of aromatic nitrogens is 1. The highest BCUT2D eigenvalue weighted by Crippen LogP contribution is 2.24. The second-order valence-electron chi connectivity index (χ2n) is 3.57. The summed E-state index contributed by atoms with van der Waals surface area (Å²) in [6, 6.07) is 5.58. The van der Waals surface area contributed by atoms with Crippen LogP contribution in [-0.4, -0.2) is 24.3 Å². The number of methoxy groups -OCH3 is 1. The van der Waals surface area contributed by atoms with Gasteiger partial charge in [-0.3, -0.25) is 5.41 Å². The molecule has 0 bridgehead atoms. The first-order valence-corrected chi connectivity index (χ1v) is 5.06. The van der Waals surface area contributed by atoms with E-state index >= 15 is 0 Å². The molecular formula is C11H9F3N2O3. The number of benzene rings is 1. The number of alkyl halides is 3. The minimum absolute atomic E-state index is 0.226. The summed E-state index contributed by atoms with van der Waals surface area (Å²) < 4.78 is 51.7. The summed E-state index contributed by atoms with van der Waals surface area (Å²) in [4.78, 5) is 0. The van der Waals surface area contributed by atoms with Crippen LogP contribution in [0.2, 0.25) is 0 Å². The van der Waals surface area contributed by atoms with E-state index in [-0.39, 0.29) is 5.58 Å². The predicted molar refractivity (Wildman–Crippen MR) is 59.9 cm³/mol. The van der Waals surface area contributed by atoms with Gasteiger partial charge in [0.05, 0.1) is 7.11 Å². The first-order valence-electron chi connectivity index (χ1n) is 5.06. The Morgan fingerprint density at radius 3 is 2.63 bits per heavy atom. The van der Waals surface area contributed by atoms with E-state index in [1.807, 2.05) is 5.33 Å². The molecule has 0 unspecified atom stereocenters. The zero-order valence-corrected chi connectivity index (χ0v) is 9.67. The third-order valence-corrected chi connectivity index (χ3v) is 2.34. The second kappa shape index (κ2) is 4.71. The molecular weight excluding hydrogens is 265 g/mol. The smallest absolute Gasteiger partial charge is 0.436 e. The van der Waals surface area contributed by atoms with Crippen LogP contribution in [0.4, 0.5) is 13.2 Å². The highest BCUT2D eigenvalue weighted by atomic mass is 19.4. The van der Waals surface area contributed by atoms with Crippen LogP contribution in [0.1, 0.15) is 5.76 Å². The number of H-pyrrole nitrogens is 1. The maximum atomic E-state index is 12.4. The molecule has 8 heteroatoms. The van der Waals surface area contributed by atoms with Gasteiger partial charge in [0.25, 0.3) is 0 Å². The van der Waals surface area contributed by atoms with Crippen LogP contribution in [-0.2, 0) is 0 Å². The Labute approximate surface area is 104 Å². The molecule has 0 fully saturated rings. The van der Waals surface area contributed by atoms with Gasteiger partial charge in [-0.15, -0.1) is 0 Å².